The molecule has 0 radical (unpaired) electrons. The molecule has 0 aliphatic heterocycles. The van der Waals surface area contributed by atoms with Crippen LogP contribution in [-0.4, -0.2) is 67.0 Å². The molecule has 8 nitrogen and oxygen atoms in total. The van der Waals surface area contributed by atoms with E-state index in [-0.39, 0.29) is 25.0 Å². The SMILES string of the molecule is CC.CCN(C(=O)c1csc(-c2cccc(CO)c2)n1)C1CCCCC1C.CCN(C(=O)c1csc(-c2ccccc2CO)n1)C1CCCCC1C. The van der Waals surface area contributed by atoms with E-state index in [1.54, 1.807) is 0 Å². The first-order valence-corrected chi connectivity index (χ1v) is 21.0. The molecule has 2 aliphatic rings. The zero-order chi connectivity index (χ0) is 37.6. The van der Waals surface area contributed by atoms with Crippen molar-refractivity contribution in [3.63, 3.8) is 0 Å². The number of aromatic nitrogens is 2. The van der Waals surface area contributed by atoms with Crippen LogP contribution in [-0.2, 0) is 13.2 Å². The molecule has 4 aromatic rings. The summed E-state index contributed by atoms with van der Waals surface area (Å²) in [6.07, 6.45) is 9.51. The van der Waals surface area contributed by atoms with Gasteiger partial charge in [-0.25, -0.2) is 9.97 Å². The van der Waals surface area contributed by atoms with Gasteiger partial charge < -0.3 is 20.0 Å². The number of rotatable bonds is 10. The highest BCUT2D eigenvalue weighted by Crippen LogP contribution is 2.33. The molecule has 2 aromatic carbocycles. The smallest absolute Gasteiger partial charge is 0.273 e. The zero-order valence-electron chi connectivity index (χ0n) is 31.9. The lowest BCUT2D eigenvalue weighted by Gasteiger charge is -2.37. The van der Waals surface area contributed by atoms with Crippen LogP contribution in [0.5, 0.6) is 0 Å². The Bertz CT molecular complexity index is 1700. The summed E-state index contributed by atoms with van der Waals surface area (Å²) in [4.78, 5) is 39.3. The van der Waals surface area contributed by atoms with E-state index in [2.05, 4.69) is 30.7 Å². The van der Waals surface area contributed by atoms with Crippen molar-refractivity contribution in [3.8, 4) is 21.1 Å². The Morgan fingerprint density at radius 2 is 1.23 bits per heavy atom. The standard InChI is InChI=1S/2C20H26N2O2S.C2H6/c1-3-22(18-11-7-4-8-14(18)2)20(24)17-13-25-19(21-17)16-10-6-5-9-15(16)12-23;1-3-22(18-10-5-4-7-14(18)2)20(24)17-13-25-19(21-17)16-9-6-8-15(11-16)12-23;1-2/h5-6,9-10,13-14,18,23H,3-4,7-8,11-12H2,1-2H3;6,8-9,11,13-14,18,23H,3-5,7,10,12H2,1-2H3;1-2H3. The number of thiazole rings is 2. The van der Waals surface area contributed by atoms with Crippen molar-refractivity contribution in [2.24, 2.45) is 11.8 Å². The van der Waals surface area contributed by atoms with Crippen LogP contribution in [0, 0.1) is 11.8 Å². The fourth-order valence-corrected chi connectivity index (χ4v) is 9.19. The van der Waals surface area contributed by atoms with Crippen molar-refractivity contribution in [1.29, 1.82) is 0 Å². The van der Waals surface area contributed by atoms with Crippen molar-refractivity contribution >= 4 is 34.5 Å². The minimum absolute atomic E-state index is 0.00812. The minimum Gasteiger partial charge on any atom is -0.392 e. The van der Waals surface area contributed by atoms with E-state index in [4.69, 9.17) is 0 Å². The lowest BCUT2D eigenvalue weighted by atomic mass is 9.84. The van der Waals surface area contributed by atoms with Crippen LogP contribution < -0.4 is 0 Å². The Hall–Kier alpha value is -3.44. The van der Waals surface area contributed by atoms with Gasteiger partial charge in [0.2, 0.25) is 0 Å². The summed E-state index contributed by atoms with van der Waals surface area (Å²) in [5, 5.41) is 24.1. The van der Waals surface area contributed by atoms with Gasteiger partial charge in [-0.2, -0.15) is 0 Å². The van der Waals surface area contributed by atoms with Gasteiger partial charge in [0, 0.05) is 47.1 Å². The largest absolute Gasteiger partial charge is 0.392 e. The number of benzene rings is 2. The summed E-state index contributed by atoms with van der Waals surface area (Å²) < 4.78 is 0. The first-order chi connectivity index (χ1) is 25.3. The van der Waals surface area contributed by atoms with Crippen LogP contribution in [0.2, 0.25) is 0 Å². The Morgan fingerprint density at radius 3 is 1.75 bits per heavy atom. The molecule has 0 saturated heterocycles. The molecule has 2 fully saturated rings. The number of aliphatic hydroxyl groups is 2. The van der Waals surface area contributed by atoms with Gasteiger partial charge >= 0.3 is 0 Å². The topological polar surface area (TPSA) is 107 Å². The van der Waals surface area contributed by atoms with E-state index in [1.807, 2.05) is 89.9 Å². The fraction of sp³-hybridized carbons (Fsp3) is 0.524. The maximum atomic E-state index is 13.0. The first-order valence-electron chi connectivity index (χ1n) is 19.2. The number of carbonyl (C=O) groups excluding carboxylic acids is 2. The molecule has 6 rings (SSSR count). The van der Waals surface area contributed by atoms with Gasteiger partial charge in [0.15, 0.2) is 0 Å². The highest BCUT2D eigenvalue weighted by atomic mass is 32.1. The molecule has 4 atom stereocenters. The number of nitrogens with zero attached hydrogens (tertiary/aromatic N) is 4. The maximum absolute atomic E-state index is 13.0. The van der Waals surface area contributed by atoms with E-state index in [0.717, 1.165) is 51.7 Å². The molecule has 2 amide bonds. The summed E-state index contributed by atoms with van der Waals surface area (Å²) in [7, 11) is 0. The van der Waals surface area contributed by atoms with Crippen molar-refractivity contribution in [2.45, 2.75) is 118 Å². The van der Waals surface area contributed by atoms with Crippen LogP contribution in [0.1, 0.15) is 125 Å². The van der Waals surface area contributed by atoms with Gasteiger partial charge in [-0.1, -0.05) is 95.8 Å². The number of carbonyl (C=O) groups is 2. The Kier molecular flexibility index (Phi) is 16.5. The predicted molar refractivity (Wildman–Crippen MR) is 215 cm³/mol. The van der Waals surface area contributed by atoms with Gasteiger partial charge in [0.1, 0.15) is 21.4 Å². The molecule has 282 valence electrons. The van der Waals surface area contributed by atoms with E-state index in [9.17, 15) is 19.8 Å². The zero-order valence-corrected chi connectivity index (χ0v) is 33.5. The highest BCUT2D eigenvalue weighted by molar-refractivity contribution is 7.13. The van der Waals surface area contributed by atoms with Gasteiger partial charge in [-0.15, -0.1) is 22.7 Å². The molecule has 10 heteroatoms. The third-order valence-electron chi connectivity index (χ3n) is 10.4. The molecule has 52 heavy (non-hydrogen) atoms. The molecular formula is C42H58N4O4S2. The lowest BCUT2D eigenvalue weighted by Crippen LogP contribution is -2.45. The van der Waals surface area contributed by atoms with Gasteiger partial charge in [0.25, 0.3) is 11.8 Å². The van der Waals surface area contributed by atoms with Crippen molar-refractivity contribution in [3.05, 3.63) is 81.8 Å². The van der Waals surface area contributed by atoms with E-state index in [0.29, 0.717) is 41.9 Å². The molecule has 0 spiro atoms. The molecule has 4 unspecified atom stereocenters. The van der Waals surface area contributed by atoms with Gasteiger partial charge in [-0.05, 0) is 68.6 Å². The fourth-order valence-electron chi connectivity index (χ4n) is 7.54. The molecule has 0 bridgehead atoms. The first kappa shape index (κ1) is 41.3. The van der Waals surface area contributed by atoms with Crippen LogP contribution in [0.3, 0.4) is 0 Å². The van der Waals surface area contributed by atoms with E-state index >= 15 is 0 Å². The third-order valence-corrected chi connectivity index (χ3v) is 12.1. The second-order valence-corrected chi connectivity index (χ2v) is 15.3. The lowest BCUT2D eigenvalue weighted by molar-refractivity contribution is 0.0558. The van der Waals surface area contributed by atoms with Crippen LogP contribution in [0.15, 0.2) is 59.3 Å². The average molecular weight is 747 g/mol. The number of hydrogen-bond acceptors (Lipinski definition) is 8. The van der Waals surface area contributed by atoms with E-state index < -0.39 is 0 Å². The summed E-state index contributed by atoms with van der Waals surface area (Å²) in [6.45, 7) is 14.0. The Labute approximate surface area is 319 Å². The molecule has 2 N–H and O–H groups in total. The monoisotopic (exact) mass is 746 g/mol. The second kappa shape index (κ2) is 20.7. The Balaban J connectivity index is 0.000000222. The average Bonchev–Trinajstić information content (AvgIpc) is 3.89. The summed E-state index contributed by atoms with van der Waals surface area (Å²) in [5.41, 5.74) is 4.60. The predicted octanol–water partition coefficient (Wildman–Crippen LogP) is 9.71. The quantitative estimate of drug-likeness (QED) is 0.167. The summed E-state index contributed by atoms with van der Waals surface area (Å²) >= 11 is 2.95. The van der Waals surface area contributed by atoms with E-state index in [1.165, 1.54) is 61.2 Å². The van der Waals surface area contributed by atoms with Crippen LogP contribution >= 0.6 is 22.7 Å². The third kappa shape index (κ3) is 10.2. The molecule has 2 heterocycles. The normalized spacial score (nSPS) is 19.8. The summed E-state index contributed by atoms with van der Waals surface area (Å²) in [5.74, 6) is 1.18. The second-order valence-electron chi connectivity index (χ2n) is 13.6. The molecular weight excluding hydrogens is 689 g/mol. The molecule has 2 aromatic heterocycles. The van der Waals surface area contributed by atoms with Crippen molar-refractivity contribution in [2.75, 3.05) is 13.1 Å². The van der Waals surface area contributed by atoms with Gasteiger partial charge in [0.05, 0.1) is 13.2 Å². The van der Waals surface area contributed by atoms with Crippen LogP contribution in [0.4, 0.5) is 0 Å². The highest BCUT2D eigenvalue weighted by Gasteiger charge is 2.32. The van der Waals surface area contributed by atoms with Crippen molar-refractivity contribution in [1.82, 2.24) is 19.8 Å². The van der Waals surface area contributed by atoms with Gasteiger partial charge in [-0.3, -0.25) is 9.59 Å². The number of hydrogen-bond donors (Lipinski definition) is 2. The summed E-state index contributed by atoms with van der Waals surface area (Å²) in [6, 6.07) is 16.0. The number of aliphatic hydroxyl groups excluding tert-OH is 2. The Morgan fingerprint density at radius 1 is 0.712 bits per heavy atom. The maximum Gasteiger partial charge on any atom is 0.273 e. The number of amides is 2. The minimum atomic E-state index is -0.0281. The van der Waals surface area contributed by atoms with Crippen molar-refractivity contribution < 1.29 is 19.8 Å². The molecule has 2 saturated carbocycles. The van der Waals surface area contributed by atoms with Crippen LogP contribution in [0.25, 0.3) is 21.1 Å². The molecule has 2 aliphatic carbocycles.